The number of amides is 1. The summed E-state index contributed by atoms with van der Waals surface area (Å²) < 4.78 is 7.05. The van der Waals surface area contributed by atoms with Gasteiger partial charge in [0, 0.05) is 19.3 Å². The van der Waals surface area contributed by atoms with Crippen LogP contribution in [0.25, 0.3) is 0 Å². The van der Waals surface area contributed by atoms with E-state index in [0.717, 1.165) is 5.56 Å². The largest absolute Gasteiger partial charge is 0.416 e. The third-order valence-electron chi connectivity index (χ3n) is 3.30. The number of rotatable bonds is 7. The Labute approximate surface area is 143 Å². The standard InChI is InChI=1S/C16H17N5O2S/c1-12-19-20-16(23-12)24-11-15(22)18-14(10-21-9-5-8-17-21)13-6-3-2-4-7-13/h2-9,14H,10-11H2,1H3,(H,18,22)/t14-/m0/s1. The molecule has 0 spiro atoms. The Kier molecular flexibility index (Phi) is 5.27. The zero-order valence-electron chi connectivity index (χ0n) is 13.1. The highest BCUT2D eigenvalue weighted by atomic mass is 32.2. The number of hydrogen-bond acceptors (Lipinski definition) is 6. The van der Waals surface area contributed by atoms with Crippen LogP contribution in [0.3, 0.4) is 0 Å². The second-order valence-electron chi connectivity index (χ2n) is 5.13. The first-order valence-electron chi connectivity index (χ1n) is 7.45. The van der Waals surface area contributed by atoms with E-state index in [1.54, 1.807) is 17.8 Å². The Balaban J connectivity index is 1.63. The number of nitrogens with zero attached hydrogens (tertiary/aromatic N) is 4. The van der Waals surface area contributed by atoms with Crippen molar-refractivity contribution in [1.29, 1.82) is 0 Å². The number of hydrogen-bond donors (Lipinski definition) is 1. The molecule has 8 heteroatoms. The molecular weight excluding hydrogens is 326 g/mol. The Morgan fingerprint density at radius 2 is 2.12 bits per heavy atom. The molecule has 1 N–H and O–H groups in total. The van der Waals surface area contributed by atoms with Gasteiger partial charge >= 0.3 is 0 Å². The maximum Gasteiger partial charge on any atom is 0.277 e. The highest BCUT2D eigenvalue weighted by Gasteiger charge is 2.16. The summed E-state index contributed by atoms with van der Waals surface area (Å²) >= 11 is 1.22. The maximum atomic E-state index is 12.3. The maximum absolute atomic E-state index is 12.3. The Morgan fingerprint density at radius 1 is 1.29 bits per heavy atom. The van der Waals surface area contributed by atoms with Crippen molar-refractivity contribution in [2.24, 2.45) is 0 Å². The van der Waals surface area contributed by atoms with Gasteiger partial charge in [0.05, 0.1) is 18.3 Å². The van der Waals surface area contributed by atoms with Gasteiger partial charge in [-0.2, -0.15) is 5.10 Å². The van der Waals surface area contributed by atoms with Gasteiger partial charge in [-0.25, -0.2) is 0 Å². The van der Waals surface area contributed by atoms with E-state index in [0.29, 0.717) is 17.7 Å². The molecule has 24 heavy (non-hydrogen) atoms. The second kappa shape index (κ2) is 7.78. The summed E-state index contributed by atoms with van der Waals surface area (Å²) in [4.78, 5) is 12.3. The van der Waals surface area contributed by atoms with Crippen LogP contribution in [0.4, 0.5) is 0 Å². The van der Waals surface area contributed by atoms with Crippen molar-refractivity contribution in [3.05, 3.63) is 60.2 Å². The molecule has 0 radical (unpaired) electrons. The molecule has 2 heterocycles. The van der Waals surface area contributed by atoms with Crippen molar-refractivity contribution in [2.45, 2.75) is 24.7 Å². The Hall–Kier alpha value is -2.61. The van der Waals surface area contributed by atoms with Crippen LogP contribution in [0.1, 0.15) is 17.5 Å². The third kappa shape index (κ3) is 4.45. The molecule has 0 saturated heterocycles. The first-order valence-corrected chi connectivity index (χ1v) is 8.44. The van der Waals surface area contributed by atoms with Crippen LogP contribution in [0.2, 0.25) is 0 Å². The number of thioether (sulfide) groups is 1. The SMILES string of the molecule is Cc1nnc(SCC(=O)N[C@@H](Cn2cccn2)c2ccccc2)o1. The lowest BCUT2D eigenvalue weighted by Gasteiger charge is -2.19. The summed E-state index contributed by atoms with van der Waals surface area (Å²) in [6.07, 6.45) is 3.59. The molecule has 0 bridgehead atoms. The van der Waals surface area contributed by atoms with E-state index in [1.165, 1.54) is 11.8 Å². The predicted molar refractivity (Wildman–Crippen MR) is 89.3 cm³/mol. The van der Waals surface area contributed by atoms with E-state index >= 15 is 0 Å². The van der Waals surface area contributed by atoms with Gasteiger partial charge in [0.15, 0.2) is 0 Å². The lowest BCUT2D eigenvalue weighted by Crippen LogP contribution is -2.32. The molecule has 0 aliphatic rings. The van der Waals surface area contributed by atoms with Gasteiger partial charge in [0.2, 0.25) is 11.8 Å². The molecule has 1 amide bonds. The van der Waals surface area contributed by atoms with Crippen LogP contribution >= 0.6 is 11.8 Å². The highest BCUT2D eigenvalue weighted by Crippen LogP contribution is 2.18. The van der Waals surface area contributed by atoms with E-state index in [-0.39, 0.29) is 17.7 Å². The second-order valence-corrected chi connectivity index (χ2v) is 6.06. The van der Waals surface area contributed by atoms with Gasteiger partial charge in [-0.1, -0.05) is 42.1 Å². The molecule has 0 aliphatic heterocycles. The molecule has 3 aromatic rings. The lowest BCUT2D eigenvalue weighted by molar-refractivity contribution is -0.119. The Morgan fingerprint density at radius 3 is 2.79 bits per heavy atom. The van der Waals surface area contributed by atoms with Crippen molar-refractivity contribution in [2.75, 3.05) is 5.75 Å². The number of aryl methyl sites for hydroxylation is 1. The first-order chi connectivity index (χ1) is 11.7. The number of aromatic nitrogens is 4. The van der Waals surface area contributed by atoms with Gasteiger partial charge < -0.3 is 9.73 Å². The number of carbonyl (C=O) groups excluding carboxylic acids is 1. The lowest BCUT2D eigenvalue weighted by atomic mass is 10.1. The fraction of sp³-hybridized carbons (Fsp3) is 0.250. The molecule has 3 rings (SSSR count). The number of benzene rings is 1. The Bertz CT molecular complexity index is 773. The minimum absolute atomic E-state index is 0.100. The number of carbonyl (C=O) groups is 1. The minimum Gasteiger partial charge on any atom is -0.416 e. The average molecular weight is 343 g/mol. The van der Waals surface area contributed by atoms with Crippen LogP contribution in [-0.2, 0) is 11.3 Å². The molecule has 7 nitrogen and oxygen atoms in total. The van der Waals surface area contributed by atoms with Crippen molar-refractivity contribution in [3.8, 4) is 0 Å². The molecule has 0 fully saturated rings. The van der Waals surface area contributed by atoms with Crippen molar-refractivity contribution < 1.29 is 9.21 Å². The number of nitrogens with one attached hydrogen (secondary N) is 1. The molecule has 0 saturated carbocycles. The van der Waals surface area contributed by atoms with Gasteiger partial charge in [-0.05, 0) is 11.6 Å². The van der Waals surface area contributed by atoms with Gasteiger partial charge in [-0.15, -0.1) is 10.2 Å². The topological polar surface area (TPSA) is 85.8 Å². The molecule has 1 aromatic carbocycles. The van der Waals surface area contributed by atoms with Crippen molar-refractivity contribution >= 4 is 17.7 Å². The summed E-state index contributed by atoms with van der Waals surface area (Å²) in [5.41, 5.74) is 1.03. The monoisotopic (exact) mass is 343 g/mol. The summed E-state index contributed by atoms with van der Waals surface area (Å²) in [5, 5.41) is 15.3. The molecule has 1 atom stereocenters. The molecular formula is C16H17N5O2S. The first kappa shape index (κ1) is 16.3. The summed E-state index contributed by atoms with van der Waals surface area (Å²) in [5.74, 6) is 0.597. The van der Waals surface area contributed by atoms with Crippen LogP contribution < -0.4 is 5.32 Å². The molecule has 0 aliphatic carbocycles. The predicted octanol–water partition coefficient (Wildman–Crippen LogP) is 2.22. The van der Waals surface area contributed by atoms with E-state index in [9.17, 15) is 4.79 Å². The smallest absolute Gasteiger partial charge is 0.277 e. The van der Waals surface area contributed by atoms with E-state index in [2.05, 4.69) is 20.6 Å². The summed E-state index contributed by atoms with van der Waals surface area (Å²) in [6, 6.07) is 11.5. The van der Waals surface area contributed by atoms with Crippen LogP contribution in [-0.4, -0.2) is 31.6 Å². The molecule has 0 unspecified atom stereocenters. The zero-order valence-corrected chi connectivity index (χ0v) is 13.9. The molecule has 2 aromatic heterocycles. The fourth-order valence-corrected chi connectivity index (χ4v) is 2.83. The zero-order chi connectivity index (χ0) is 16.8. The fourth-order valence-electron chi connectivity index (χ4n) is 2.22. The quantitative estimate of drug-likeness (QED) is 0.662. The molecule has 124 valence electrons. The third-order valence-corrected chi connectivity index (χ3v) is 4.12. The summed E-state index contributed by atoms with van der Waals surface area (Å²) in [6.45, 7) is 2.28. The van der Waals surface area contributed by atoms with Gasteiger partial charge in [0.25, 0.3) is 5.22 Å². The van der Waals surface area contributed by atoms with Crippen molar-refractivity contribution in [1.82, 2.24) is 25.3 Å². The van der Waals surface area contributed by atoms with Crippen LogP contribution in [0.15, 0.2) is 58.4 Å². The van der Waals surface area contributed by atoms with E-state index in [1.807, 2.05) is 42.6 Å². The van der Waals surface area contributed by atoms with Gasteiger partial charge in [0.1, 0.15) is 0 Å². The van der Waals surface area contributed by atoms with Gasteiger partial charge in [-0.3, -0.25) is 9.48 Å². The van der Waals surface area contributed by atoms with E-state index in [4.69, 9.17) is 4.42 Å². The minimum atomic E-state index is -0.163. The van der Waals surface area contributed by atoms with Crippen LogP contribution in [0, 0.1) is 6.92 Å². The van der Waals surface area contributed by atoms with Crippen LogP contribution in [0.5, 0.6) is 0 Å². The van der Waals surface area contributed by atoms with Crippen molar-refractivity contribution in [3.63, 3.8) is 0 Å². The highest BCUT2D eigenvalue weighted by molar-refractivity contribution is 7.99. The summed E-state index contributed by atoms with van der Waals surface area (Å²) in [7, 11) is 0. The normalized spacial score (nSPS) is 12.0. The van der Waals surface area contributed by atoms with E-state index < -0.39 is 0 Å². The average Bonchev–Trinajstić information content (AvgIpc) is 3.25.